The number of ether oxygens (including phenoxy) is 2. The highest BCUT2D eigenvalue weighted by molar-refractivity contribution is 6.38. The van der Waals surface area contributed by atoms with Crippen LogP contribution in [0.5, 0.6) is 5.88 Å². The van der Waals surface area contributed by atoms with Gasteiger partial charge >= 0.3 is 12.1 Å². The van der Waals surface area contributed by atoms with Crippen molar-refractivity contribution >= 4 is 29.2 Å². The summed E-state index contributed by atoms with van der Waals surface area (Å²) < 4.78 is 57.9. The molecule has 0 spiro atoms. The average molecular weight is 612 g/mol. The van der Waals surface area contributed by atoms with Crippen LogP contribution in [0.15, 0.2) is 29.0 Å². The summed E-state index contributed by atoms with van der Waals surface area (Å²) in [6, 6.07) is 1.25. The summed E-state index contributed by atoms with van der Waals surface area (Å²) in [4.78, 5) is 19.1. The first-order valence-corrected chi connectivity index (χ1v) is 14.1. The molecule has 7 rings (SSSR count). The quantitative estimate of drug-likeness (QED) is 0.262. The van der Waals surface area contributed by atoms with E-state index in [0.29, 0.717) is 33.3 Å². The molecule has 0 amide bonds. The molecule has 3 heterocycles. The summed E-state index contributed by atoms with van der Waals surface area (Å²) in [7, 11) is 0. The number of nitrogens with zero attached hydrogens (tertiary/aromatic N) is 3. The highest BCUT2D eigenvalue weighted by Gasteiger charge is 2.50. The van der Waals surface area contributed by atoms with Crippen molar-refractivity contribution < 1.29 is 37.1 Å². The van der Waals surface area contributed by atoms with Gasteiger partial charge in [-0.3, -0.25) is 4.98 Å². The molecular weight excluding hydrogens is 586 g/mol. The summed E-state index contributed by atoms with van der Waals surface area (Å²) in [5.41, 5.74) is -0.451. The largest absolute Gasteiger partial charge is 0.477 e. The van der Waals surface area contributed by atoms with E-state index in [1.54, 1.807) is 0 Å². The number of halogens is 5. The molecule has 218 valence electrons. The van der Waals surface area contributed by atoms with Crippen molar-refractivity contribution in [2.24, 2.45) is 5.41 Å². The zero-order valence-corrected chi connectivity index (χ0v) is 23.3. The van der Waals surface area contributed by atoms with Crippen LogP contribution in [-0.2, 0) is 17.5 Å². The lowest BCUT2D eigenvalue weighted by Crippen LogP contribution is -2.49. The van der Waals surface area contributed by atoms with Gasteiger partial charge in [-0.1, -0.05) is 28.4 Å². The minimum Gasteiger partial charge on any atom is -0.477 e. The van der Waals surface area contributed by atoms with Crippen molar-refractivity contribution in [2.45, 2.75) is 75.7 Å². The molecule has 0 unspecified atom stereocenters. The van der Waals surface area contributed by atoms with Crippen LogP contribution in [0.4, 0.5) is 13.2 Å². The number of rotatable bonds is 9. The Morgan fingerprint density at radius 3 is 2.32 bits per heavy atom. The van der Waals surface area contributed by atoms with Gasteiger partial charge in [0.05, 0.1) is 34.4 Å². The fraction of sp³-hybridized carbons (Fsp3) is 0.500. The Hall–Kier alpha value is -2.89. The van der Waals surface area contributed by atoms with Gasteiger partial charge in [-0.25, -0.2) is 9.78 Å². The van der Waals surface area contributed by atoms with Crippen molar-refractivity contribution in [3.05, 3.63) is 57.2 Å². The lowest BCUT2D eigenvalue weighted by molar-refractivity contribution is -0.150. The van der Waals surface area contributed by atoms with Gasteiger partial charge in [0.25, 0.3) is 0 Å². The number of alkyl halides is 3. The first-order chi connectivity index (χ1) is 19.5. The van der Waals surface area contributed by atoms with Gasteiger partial charge in [0.2, 0.25) is 5.88 Å². The monoisotopic (exact) mass is 611 g/mol. The molecule has 4 aliphatic rings. The zero-order chi connectivity index (χ0) is 29.0. The number of carboxylic acids is 1. The van der Waals surface area contributed by atoms with Gasteiger partial charge in [-0.2, -0.15) is 13.2 Å². The van der Waals surface area contributed by atoms with Gasteiger partial charge in [0.15, 0.2) is 5.69 Å². The van der Waals surface area contributed by atoms with E-state index in [1.807, 2.05) is 0 Å². The Morgan fingerprint density at radius 2 is 1.73 bits per heavy atom. The summed E-state index contributed by atoms with van der Waals surface area (Å²) in [6.07, 6.45) is 4.87. The molecule has 4 fully saturated rings. The van der Waals surface area contributed by atoms with Gasteiger partial charge in [-0.15, -0.1) is 0 Å². The normalized spacial score (nSPS) is 24.0. The van der Waals surface area contributed by atoms with Crippen LogP contribution < -0.4 is 4.74 Å². The van der Waals surface area contributed by atoms with Gasteiger partial charge in [0, 0.05) is 40.9 Å². The summed E-state index contributed by atoms with van der Waals surface area (Å²) in [6.45, 7) is 0.437. The molecule has 0 radical (unpaired) electrons. The number of hydrogen-bond acceptors (Lipinski definition) is 7. The fourth-order valence-corrected chi connectivity index (χ4v) is 6.47. The van der Waals surface area contributed by atoms with Gasteiger partial charge < -0.3 is 19.1 Å². The number of pyridine rings is 2. The highest BCUT2D eigenvalue weighted by Crippen LogP contribution is 2.55. The van der Waals surface area contributed by atoms with Crippen LogP contribution >= 0.6 is 23.2 Å². The first kappa shape index (κ1) is 28.2. The zero-order valence-electron chi connectivity index (χ0n) is 21.8. The molecule has 8 nitrogen and oxygen atoms in total. The van der Waals surface area contributed by atoms with E-state index >= 15 is 0 Å². The summed E-state index contributed by atoms with van der Waals surface area (Å²) in [5, 5.41) is 14.3. The van der Waals surface area contributed by atoms with E-state index in [4.69, 9.17) is 37.2 Å². The standard InChI is InChI=1S/C28H26Cl2F3N3O5/c29-18-11-34-12-19(30)22(18)23-17(24(41-36-23)15-1-2-15)13-40-27-6-3-26(4-7-27,5-8-27)14-39-21-10-16(28(31,32)33)9-20(35-21)25(37)38/h9-12,15H,1-8,13-14H2,(H,37,38). The molecule has 4 aliphatic carbocycles. The van der Waals surface area contributed by atoms with Gasteiger partial charge in [0.1, 0.15) is 11.5 Å². The van der Waals surface area contributed by atoms with E-state index in [2.05, 4.69) is 15.1 Å². The lowest BCUT2D eigenvalue weighted by Gasteiger charge is -2.52. The molecule has 3 aromatic rings. The number of carbonyl (C=O) groups is 1. The third kappa shape index (κ3) is 5.63. The molecule has 0 aromatic carbocycles. The number of fused-ring (bicyclic) bond motifs is 3. The van der Waals surface area contributed by atoms with Crippen LogP contribution in [0.25, 0.3) is 11.3 Å². The predicted molar refractivity (Wildman–Crippen MR) is 141 cm³/mol. The van der Waals surface area contributed by atoms with E-state index < -0.39 is 23.4 Å². The summed E-state index contributed by atoms with van der Waals surface area (Å²) >= 11 is 12.8. The Labute approximate surface area is 243 Å². The fourth-order valence-electron chi connectivity index (χ4n) is 5.93. The van der Waals surface area contributed by atoms with Crippen molar-refractivity contribution in [1.29, 1.82) is 0 Å². The number of carboxylic acid groups (broad SMARTS) is 1. The molecular formula is C28H26Cl2F3N3O5. The molecule has 3 aromatic heterocycles. The minimum atomic E-state index is -4.71. The third-order valence-corrected chi connectivity index (χ3v) is 9.16. The minimum absolute atomic E-state index is 0.150. The second-order valence-electron chi connectivity index (χ2n) is 11.3. The molecule has 0 aliphatic heterocycles. The molecule has 0 atom stereocenters. The van der Waals surface area contributed by atoms with Crippen molar-refractivity contribution in [3.8, 4) is 17.1 Å². The van der Waals surface area contributed by atoms with E-state index in [0.717, 1.165) is 68.8 Å². The van der Waals surface area contributed by atoms with Crippen LogP contribution in [0.3, 0.4) is 0 Å². The maximum absolute atomic E-state index is 13.3. The molecule has 1 N–H and O–H groups in total. The summed E-state index contributed by atoms with van der Waals surface area (Å²) in [5.74, 6) is -0.804. The Bertz CT molecular complexity index is 1450. The second kappa shape index (κ2) is 10.4. The smallest absolute Gasteiger partial charge is 0.416 e. The van der Waals surface area contributed by atoms with Crippen LogP contribution in [0, 0.1) is 5.41 Å². The number of aromatic nitrogens is 3. The Morgan fingerprint density at radius 1 is 1.07 bits per heavy atom. The van der Waals surface area contributed by atoms with Crippen LogP contribution in [-0.4, -0.2) is 38.4 Å². The predicted octanol–water partition coefficient (Wildman–Crippen LogP) is 7.72. The Kier molecular flexibility index (Phi) is 7.18. The molecule has 2 bridgehead atoms. The van der Waals surface area contributed by atoms with E-state index in [9.17, 15) is 23.1 Å². The lowest BCUT2D eigenvalue weighted by atomic mass is 9.59. The number of hydrogen-bond donors (Lipinski definition) is 1. The maximum Gasteiger partial charge on any atom is 0.416 e. The van der Waals surface area contributed by atoms with Gasteiger partial charge in [-0.05, 0) is 57.4 Å². The molecule has 41 heavy (non-hydrogen) atoms. The third-order valence-electron chi connectivity index (χ3n) is 8.59. The molecule has 0 saturated heterocycles. The molecule has 4 saturated carbocycles. The maximum atomic E-state index is 13.3. The molecule has 13 heteroatoms. The number of aromatic carboxylic acids is 1. The highest BCUT2D eigenvalue weighted by atomic mass is 35.5. The second-order valence-corrected chi connectivity index (χ2v) is 12.1. The average Bonchev–Trinajstić information content (AvgIpc) is 3.71. The topological polar surface area (TPSA) is 108 Å². The van der Waals surface area contributed by atoms with E-state index in [1.165, 1.54) is 12.4 Å². The SMILES string of the molecule is O=C(O)c1cc(C(F)(F)F)cc(OCC23CCC(OCc4c(-c5c(Cl)cncc5Cl)noc4C4CC4)(CC2)CC3)n1. The van der Waals surface area contributed by atoms with Crippen LogP contribution in [0.1, 0.15) is 84.7 Å². The first-order valence-electron chi connectivity index (χ1n) is 13.3. The van der Waals surface area contributed by atoms with Crippen molar-refractivity contribution in [2.75, 3.05) is 6.61 Å². The van der Waals surface area contributed by atoms with E-state index in [-0.39, 0.29) is 30.1 Å². The van der Waals surface area contributed by atoms with Crippen LogP contribution in [0.2, 0.25) is 10.0 Å². The Balaban J connectivity index is 1.14. The van der Waals surface area contributed by atoms with Crippen molar-refractivity contribution in [3.63, 3.8) is 0 Å². The van der Waals surface area contributed by atoms with Crippen molar-refractivity contribution in [1.82, 2.24) is 15.1 Å².